The molecule has 1 amide bonds. The molecule has 0 spiro atoms. The van der Waals surface area contributed by atoms with E-state index < -0.39 is 27.8 Å². The molecule has 11 heteroatoms. The quantitative estimate of drug-likeness (QED) is 0.567. The topological polar surface area (TPSA) is 93.1 Å². The summed E-state index contributed by atoms with van der Waals surface area (Å²) < 4.78 is 65.9. The first-order valence-electron chi connectivity index (χ1n) is 8.68. The standard InChI is InChI=1S/C20H15F3N4O3S/c1-2-12-25-31(29,30)17-9-3-14(4-10-17)19(28)26-15-5-7-16(8-6-15)27-18(11-13-24-27)20(21,22)23/h1,3-11,13,25H,12H2,(H,26,28). The molecule has 0 unspecified atom stereocenters. The van der Waals surface area contributed by atoms with Crippen LogP contribution in [0.5, 0.6) is 0 Å². The van der Waals surface area contributed by atoms with E-state index in [1.807, 2.05) is 0 Å². The highest BCUT2D eigenvalue weighted by molar-refractivity contribution is 7.89. The molecule has 0 aliphatic heterocycles. The van der Waals surface area contributed by atoms with E-state index in [0.717, 1.165) is 16.9 Å². The second kappa shape index (κ2) is 8.63. The van der Waals surface area contributed by atoms with Crippen LogP contribution in [0.15, 0.2) is 65.7 Å². The molecule has 3 rings (SSSR count). The van der Waals surface area contributed by atoms with Gasteiger partial charge in [-0.25, -0.2) is 13.1 Å². The Labute approximate surface area is 175 Å². The highest BCUT2D eigenvalue weighted by Gasteiger charge is 2.35. The van der Waals surface area contributed by atoms with Crippen molar-refractivity contribution in [3.63, 3.8) is 0 Å². The number of carbonyl (C=O) groups is 1. The number of amides is 1. The fraction of sp³-hybridized carbons (Fsp3) is 0.100. The first-order chi connectivity index (χ1) is 14.6. The molecule has 0 fully saturated rings. The van der Waals surface area contributed by atoms with Gasteiger partial charge in [0.15, 0.2) is 0 Å². The van der Waals surface area contributed by atoms with Crippen LogP contribution in [-0.2, 0) is 16.2 Å². The molecule has 160 valence electrons. The lowest BCUT2D eigenvalue weighted by molar-refractivity contribution is -0.142. The molecule has 31 heavy (non-hydrogen) atoms. The summed E-state index contributed by atoms with van der Waals surface area (Å²) >= 11 is 0. The van der Waals surface area contributed by atoms with Gasteiger partial charge in [-0.1, -0.05) is 5.92 Å². The Morgan fingerprint density at radius 2 is 1.71 bits per heavy atom. The van der Waals surface area contributed by atoms with Crippen LogP contribution in [-0.4, -0.2) is 30.7 Å². The van der Waals surface area contributed by atoms with Gasteiger partial charge in [0, 0.05) is 11.3 Å². The molecule has 0 saturated carbocycles. The lowest BCUT2D eigenvalue weighted by Gasteiger charge is -2.11. The van der Waals surface area contributed by atoms with Crippen molar-refractivity contribution in [2.24, 2.45) is 0 Å². The molecule has 0 aliphatic rings. The summed E-state index contributed by atoms with van der Waals surface area (Å²) in [6.07, 6.45) is 1.52. The smallest absolute Gasteiger partial charge is 0.322 e. The summed E-state index contributed by atoms with van der Waals surface area (Å²) in [7, 11) is -3.78. The van der Waals surface area contributed by atoms with Crippen LogP contribution in [0, 0.1) is 12.3 Å². The summed E-state index contributed by atoms with van der Waals surface area (Å²) in [5, 5.41) is 6.27. The van der Waals surface area contributed by atoms with Crippen molar-refractivity contribution in [2.75, 3.05) is 11.9 Å². The third kappa shape index (κ3) is 5.11. The zero-order valence-corrected chi connectivity index (χ0v) is 16.5. The Morgan fingerprint density at radius 1 is 1.06 bits per heavy atom. The highest BCUT2D eigenvalue weighted by Crippen LogP contribution is 2.30. The number of nitrogens with zero attached hydrogens (tertiary/aromatic N) is 2. The van der Waals surface area contributed by atoms with Gasteiger partial charge in [-0.2, -0.15) is 23.0 Å². The zero-order valence-electron chi connectivity index (χ0n) is 15.7. The van der Waals surface area contributed by atoms with Gasteiger partial charge in [-0.15, -0.1) is 6.42 Å². The molecule has 2 N–H and O–H groups in total. The van der Waals surface area contributed by atoms with Gasteiger partial charge in [0.1, 0.15) is 5.69 Å². The third-order valence-corrected chi connectivity index (χ3v) is 5.51. The van der Waals surface area contributed by atoms with Crippen LogP contribution in [0.3, 0.4) is 0 Å². The Balaban J connectivity index is 1.72. The minimum absolute atomic E-state index is 0.0525. The first-order valence-corrected chi connectivity index (χ1v) is 10.2. The molecule has 0 radical (unpaired) electrons. The molecule has 3 aromatic rings. The maximum absolute atomic E-state index is 13.0. The van der Waals surface area contributed by atoms with E-state index >= 15 is 0 Å². The Kier molecular flexibility index (Phi) is 6.14. The monoisotopic (exact) mass is 448 g/mol. The second-order valence-electron chi connectivity index (χ2n) is 6.18. The van der Waals surface area contributed by atoms with Crippen molar-refractivity contribution < 1.29 is 26.4 Å². The number of nitrogens with one attached hydrogen (secondary N) is 2. The van der Waals surface area contributed by atoms with Gasteiger partial charge in [-0.05, 0) is 54.6 Å². The number of benzene rings is 2. The Morgan fingerprint density at radius 3 is 2.29 bits per heavy atom. The van der Waals surface area contributed by atoms with Crippen molar-refractivity contribution >= 4 is 21.6 Å². The number of halogens is 3. The van der Waals surface area contributed by atoms with Gasteiger partial charge in [0.25, 0.3) is 5.91 Å². The van der Waals surface area contributed by atoms with E-state index in [9.17, 15) is 26.4 Å². The molecule has 0 aliphatic carbocycles. The summed E-state index contributed by atoms with van der Waals surface area (Å²) in [6, 6.07) is 11.6. The Hall–Kier alpha value is -3.62. The Bertz CT molecular complexity index is 1230. The fourth-order valence-corrected chi connectivity index (χ4v) is 3.55. The van der Waals surface area contributed by atoms with E-state index in [4.69, 9.17) is 6.42 Å². The summed E-state index contributed by atoms with van der Waals surface area (Å²) in [5.41, 5.74) is -0.228. The first kappa shape index (κ1) is 22.1. The average molecular weight is 448 g/mol. The van der Waals surface area contributed by atoms with Crippen molar-refractivity contribution in [3.8, 4) is 18.0 Å². The van der Waals surface area contributed by atoms with Gasteiger partial charge in [0.2, 0.25) is 10.0 Å². The average Bonchev–Trinajstić information content (AvgIpc) is 3.23. The van der Waals surface area contributed by atoms with E-state index in [1.54, 1.807) is 0 Å². The minimum atomic E-state index is -4.56. The lowest BCUT2D eigenvalue weighted by Crippen LogP contribution is -2.24. The number of sulfonamides is 1. The molecule has 2 aromatic carbocycles. The van der Waals surface area contributed by atoms with Crippen LogP contribution in [0.1, 0.15) is 16.1 Å². The molecule has 0 bridgehead atoms. The number of aromatic nitrogens is 2. The van der Waals surface area contributed by atoms with Crippen molar-refractivity contribution in [3.05, 3.63) is 72.1 Å². The number of carbonyl (C=O) groups excluding carboxylic acids is 1. The molecule has 1 aromatic heterocycles. The summed E-state index contributed by atoms with van der Waals surface area (Å²) in [5.74, 6) is 1.63. The number of rotatable bonds is 6. The molecule has 7 nitrogen and oxygen atoms in total. The SMILES string of the molecule is C#CCNS(=O)(=O)c1ccc(C(=O)Nc2ccc(-n3nccc3C(F)(F)F)cc2)cc1. The zero-order chi connectivity index (χ0) is 22.6. The predicted molar refractivity (Wildman–Crippen MR) is 107 cm³/mol. The van der Waals surface area contributed by atoms with E-state index in [2.05, 4.69) is 21.1 Å². The maximum Gasteiger partial charge on any atom is 0.433 e. The molecular formula is C20H15F3N4O3S. The number of hydrogen-bond acceptors (Lipinski definition) is 4. The van der Waals surface area contributed by atoms with E-state index in [-0.39, 0.29) is 22.7 Å². The van der Waals surface area contributed by atoms with Gasteiger partial charge < -0.3 is 5.32 Å². The number of terminal acetylenes is 1. The van der Waals surface area contributed by atoms with Crippen molar-refractivity contribution in [1.82, 2.24) is 14.5 Å². The van der Waals surface area contributed by atoms with Gasteiger partial charge in [0.05, 0.1) is 23.3 Å². The number of anilines is 1. The van der Waals surface area contributed by atoms with Gasteiger partial charge >= 0.3 is 6.18 Å². The highest BCUT2D eigenvalue weighted by atomic mass is 32.2. The summed E-state index contributed by atoms with van der Waals surface area (Å²) in [4.78, 5) is 12.3. The van der Waals surface area contributed by atoms with E-state index in [1.165, 1.54) is 48.5 Å². The van der Waals surface area contributed by atoms with Crippen LogP contribution in [0.25, 0.3) is 5.69 Å². The lowest BCUT2D eigenvalue weighted by atomic mass is 10.2. The number of alkyl halides is 3. The number of hydrogen-bond donors (Lipinski definition) is 2. The van der Waals surface area contributed by atoms with Crippen LogP contribution < -0.4 is 10.0 Å². The fourth-order valence-electron chi connectivity index (χ4n) is 2.62. The second-order valence-corrected chi connectivity index (χ2v) is 7.95. The molecule has 1 heterocycles. The molecular weight excluding hydrogens is 433 g/mol. The van der Waals surface area contributed by atoms with Crippen LogP contribution >= 0.6 is 0 Å². The van der Waals surface area contributed by atoms with Crippen molar-refractivity contribution in [2.45, 2.75) is 11.1 Å². The van der Waals surface area contributed by atoms with E-state index in [0.29, 0.717) is 5.69 Å². The van der Waals surface area contributed by atoms with Gasteiger partial charge in [-0.3, -0.25) is 4.79 Å². The normalized spacial score (nSPS) is 11.7. The molecule has 0 saturated heterocycles. The third-order valence-electron chi connectivity index (χ3n) is 4.09. The van der Waals surface area contributed by atoms with Crippen LogP contribution in [0.2, 0.25) is 0 Å². The maximum atomic E-state index is 13.0. The summed E-state index contributed by atoms with van der Waals surface area (Å²) in [6.45, 7) is -0.163. The predicted octanol–water partition coefficient (Wildman–Crippen LogP) is 3.05. The largest absolute Gasteiger partial charge is 0.433 e. The minimum Gasteiger partial charge on any atom is -0.322 e. The van der Waals surface area contributed by atoms with Crippen molar-refractivity contribution in [1.29, 1.82) is 0 Å². The molecule has 0 atom stereocenters. The van der Waals surface area contributed by atoms with Crippen LogP contribution in [0.4, 0.5) is 18.9 Å².